The van der Waals surface area contributed by atoms with E-state index in [4.69, 9.17) is 0 Å². The second-order valence-electron chi connectivity index (χ2n) is 7.09. The SMILES string of the molecule is CC(=O)Nc1cc2c3c(cc([N+](=O)[O-])cc3c1)C(=O)N(CC(C)N(C)C)C2=O. The van der Waals surface area contributed by atoms with Gasteiger partial charge in [-0.3, -0.25) is 29.4 Å². The molecule has 0 fully saturated rings. The zero-order valence-electron chi connectivity index (χ0n) is 16.0. The molecule has 0 aromatic heterocycles. The predicted molar refractivity (Wildman–Crippen MR) is 103 cm³/mol. The van der Waals surface area contributed by atoms with Crippen LogP contribution in [0.2, 0.25) is 0 Å². The lowest BCUT2D eigenvalue weighted by Crippen LogP contribution is -2.47. The summed E-state index contributed by atoms with van der Waals surface area (Å²) in [7, 11) is 3.66. The number of hydrogen-bond acceptors (Lipinski definition) is 6. The monoisotopic (exact) mass is 384 g/mol. The number of hydrogen-bond donors (Lipinski definition) is 1. The van der Waals surface area contributed by atoms with Gasteiger partial charge in [0, 0.05) is 42.7 Å². The Hall–Kier alpha value is -3.33. The quantitative estimate of drug-likeness (QED) is 0.481. The van der Waals surface area contributed by atoms with Gasteiger partial charge in [0.2, 0.25) is 5.91 Å². The molecule has 0 spiro atoms. The van der Waals surface area contributed by atoms with Crippen LogP contribution in [0.25, 0.3) is 10.8 Å². The molecular formula is C19H20N4O5. The van der Waals surface area contributed by atoms with Gasteiger partial charge >= 0.3 is 0 Å². The normalized spacial score (nSPS) is 14.5. The molecule has 0 aliphatic carbocycles. The maximum atomic E-state index is 13.1. The minimum Gasteiger partial charge on any atom is -0.326 e. The lowest BCUT2D eigenvalue weighted by atomic mass is 9.92. The van der Waals surface area contributed by atoms with E-state index in [9.17, 15) is 24.5 Å². The van der Waals surface area contributed by atoms with Crippen molar-refractivity contribution in [1.29, 1.82) is 0 Å². The molecule has 3 rings (SSSR count). The van der Waals surface area contributed by atoms with Crippen LogP contribution in [0.4, 0.5) is 11.4 Å². The van der Waals surface area contributed by atoms with Gasteiger partial charge in [0.05, 0.1) is 16.1 Å². The molecule has 2 aromatic carbocycles. The zero-order chi connectivity index (χ0) is 20.7. The van der Waals surface area contributed by atoms with Crippen molar-refractivity contribution in [1.82, 2.24) is 9.80 Å². The van der Waals surface area contributed by atoms with E-state index >= 15 is 0 Å². The lowest BCUT2D eigenvalue weighted by molar-refractivity contribution is -0.384. The Labute approximate surface area is 161 Å². The number of nitro groups is 1. The van der Waals surface area contributed by atoms with Crippen LogP contribution >= 0.6 is 0 Å². The van der Waals surface area contributed by atoms with Crippen molar-refractivity contribution >= 4 is 39.9 Å². The molecule has 2 aromatic rings. The molecule has 146 valence electrons. The molecule has 3 amide bonds. The van der Waals surface area contributed by atoms with Crippen LogP contribution in [0.1, 0.15) is 34.6 Å². The average molecular weight is 384 g/mol. The summed E-state index contributed by atoms with van der Waals surface area (Å²) in [6.07, 6.45) is 0. The minimum absolute atomic E-state index is 0.109. The number of amides is 3. The lowest BCUT2D eigenvalue weighted by Gasteiger charge is -2.31. The highest BCUT2D eigenvalue weighted by molar-refractivity contribution is 6.26. The first-order valence-electron chi connectivity index (χ1n) is 8.66. The molecule has 28 heavy (non-hydrogen) atoms. The van der Waals surface area contributed by atoms with E-state index in [1.165, 1.54) is 31.2 Å². The number of nitro benzene ring substituents is 1. The molecular weight excluding hydrogens is 364 g/mol. The first-order chi connectivity index (χ1) is 13.1. The Morgan fingerprint density at radius 3 is 2.32 bits per heavy atom. The van der Waals surface area contributed by atoms with Crippen molar-refractivity contribution in [2.75, 3.05) is 26.0 Å². The van der Waals surface area contributed by atoms with Crippen molar-refractivity contribution in [3.05, 3.63) is 45.5 Å². The van der Waals surface area contributed by atoms with E-state index in [0.717, 1.165) is 4.90 Å². The molecule has 1 N–H and O–H groups in total. The topological polar surface area (TPSA) is 113 Å². The van der Waals surface area contributed by atoms with Gasteiger partial charge in [0.15, 0.2) is 0 Å². The fourth-order valence-corrected chi connectivity index (χ4v) is 3.19. The fourth-order valence-electron chi connectivity index (χ4n) is 3.19. The van der Waals surface area contributed by atoms with Crippen LogP contribution in [0.3, 0.4) is 0 Å². The van der Waals surface area contributed by atoms with Crippen molar-refractivity contribution < 1.29 is 19.3 Å². The van der Waals surface area contributed by atoms with Crippen LogP contribution in [-0.2, 0) is 4.79 Å². The van der Waals surface area contributed by atoms with E-state index in [1.807, 2.05) is 25.9 Å². The molecule has 0 saturated carbocycles. The molecule has 9 nitrogen and oxygen atoms in total. The van der Waals surface area contributed by atoms with Gasteiger partial charge in [-0.15, -0.1) is 0 Å². The van der Waals surface area contributed by atoms with Gasteiger partial charge in [-0.25, -0.2) is 0 Å². The first-order valence-corrected chi connectivity index (χ1v) is 8.66. The van der Waals surface area contributed by atoms with Gasteiger partial charge < -0.3 is 10.2 Å². The summed E-state index contributed by atoms with van der Waals surface area (Å²) in [5.41, 5.74) is 0.428. The number of carbonyl (C=O) groups excluding carboxylic acids is 3. The van der Waals surface area contributed by atoms with Crippen LogP contribution < -0.4 is 5.32 Å². The summed E-state index contributed by atoms with van der Waals surface area (Å²) in [5, 5.41) is 14.7. The third kappa shape index (κ3) is 3.31. The summed E-state index contributed by atoms with van der Waals surface area (Å²) in [4.78, 5) is 51.2. The maximum Gasteiger partial charge on any atom is 0.270 e. The number of likely N-dealkylation sites (N-methyl/N-ethyl adjacent to an activating group) is 1. The number of nitrogens with zero attached hydrogens (tertiary/aromatic N) is 3. The minimum atomic E-state index is -0.586. The van der Waals surface area contributed by atoms with Crippen LogP contribution in [-0.4, -0.2) is 59.1 Å². The van der Waals surface area contributed by atoms with Gasteiger partial charge in [-0.2, -0.15) is 0 Å². The van der Waals surface area contributed by atoms with Crippen LogP contribution in [0.15, 0.2) is 24.3 Å². The predicted octanol–water partition coefficient (Wildman–Crippen LogP) is 2.25. The van der Waals surface area contributed by atoms with Gasteiger partial charge in [0.25, 0.3) is 17.5 Å². The van der Waals surface area contributed by atoms with Crippen LogP contribution in [0.5, 0.6) is 0 Å². The van der Waals surface area contributed by atoms with E-state index in [-0.39, 0.29) is 35.3 Å². The van der Waals surface area contributed by atoms with Crippen molar-refractivity contribution in [3.63, 3.8) is 0 Å². The first kappa shape index (κ1) is 19.4. The van der Waals surface area contributed by atoms with E-state index in [1.54, 1.807) is 0 Å². The molecule has 0 radical (unpaired) electrons. The van der Waals surface area contributed by atoms with Gasteiger partial charge in [-0.05, 0) is 38.5 Å². The van der Waals surface area contributed by atoms with Crippen molar-refractivity contribution in [2.24, 2.45) is 0 Å². The Kier molecular flexibility index (Phi) is 4.86. The number of nitrogens with one attached hydrogen (secondary N) is 1. The Morgan fingerprint density at radius 2 is 1.79 bits per heavy atom. The molecule has 1 heterocycles. The molecule has 0 bridgehead atoms. The van der Waals surface area contributed by atoms with Crippen LogP contribution in [0, 0.1) is 10.1 Å². The Balaban J connectivity index is 2.25. The second kappa shape index (κ2) is 7.01. The number of carbonyl (C=O) groups is 3. The summed E-state index contributed by atoms with van der Waals surface area (Å²) in [6.45, 7) is 3.33. The summed E-state index contributed by atoms with van der Waals surface area (Å²) in [5.74, 6) is -1.39. The highest BCUT2D eigenvalue weighted by atomic mass is 16.6. The Bertz CT molecular complexity index is 1030. The fraction of sp³-hybridized carbons (Fsp3) is 0.316. The zero-order valence-corrected chi connectivity index (χ0v) is 16.0. The Morgan fingerprint density at radius 1 is 1.18 bits per heavy atom. The second-order valence-corrected chi connectivity index (χ2v) is 7.09. The summed E-state index contributed by atoms with van der Waals surface area (Å²) in [6, 6.07) is 5.41. The van der Waals surface area contributed by atoms with E-state index in [2.05, 4.69) is 5.32 Å². The van der Waals surface area contributed by atoms with Gasteiger partial charge in [0.1, 0.15) is 0 Å². The molecule has 1 aliphatic heterocycles. The summed E-state index contributed by atoms with van der Waals surface area (Å²) < 4.78 is 0. The van der Waals surface area contributed by atoms with Crippen molar-refractivity contribution in [2.45, 2.75) is 19.9 Å². The smallest absolute Gasteiger partial charge is 0.270 e. The number of benzene rings is 2. The van der Waals surface area contributed by atoms with E-state index in [0.29, 0.717) is 16.5 Å². The molecule has 1 unspecified atom stereocenters. The average Bonchev–Trinajstić information content (AvgIpc) is 2.61. The highest BCUT2D eigenvalue weighted by Crippen LogP contribution is 2.36. The van der Waals surface area contributed by atoms with Gasteiger partial charge in [-0.1, -0.05) is 0 Å². The summed E-state index contributed by atoms with van der Waals surface area (Å²) >= 11 is 0. The van der Waals surface area contributed by atoms with E-state index < -0.39 is 16.7 Å². The number of non-ortho nitro benzene ring substituents is 1. The number of anilines is 1. The van der Waals surface area contributed by atoms with Crippen molar-refractivity contribution in [3.8, 4) is 0 Å². The molecule has 9 heteroatoms. The molecule has 1 aliphatic rings. The number of rotatable bonds is 5. The number of imide groups is 1. The highest BCUT2D eigenvalue weighted by Gasteiger charge is 2.35. The molecule has 1 atom stereocenters. The maximum absolute atomic E-state index is 13.1. The molecule has 0 saturated heterocycles. The largest absolute Gasteiger partial charge is 0.326 e. The third-order valence-corrected chi connectivity index (χ3v) is 4.84. The third-order valence-electron chi connectivity index (χ3n) is 4.84. The standard InChI is InChI=1S/C19H20N4O5/c1-10(21(3)4)9-22-18(25)15-7-13(20-11(2)24)5-12-6-14(23(27)28)8-16(17(12)15)19(22)26/h5-8,10H,9H2,1-4H3,(H,20,24).